The summed E-state index contributed by atoms with van der Waals surface area (Å²) in [4.78, 5) is 4.29. The number of alkyl halides is 1. The van der Waals surface area contributed by atoms with Gasteiger partial charge < -0.3 is 4.57 Å². The number of rotatable bonds is 4. The van der Waals surface area contributed by atoms with Crippen molar-refractivity contribution in [3.63, 3.8) is 0 Å². The molecule has 1 aliphatic rings. The monoisotopic (exact) mass is 335 g/mol. The van der Waals surface area contributed by atoms with Crippen LogP contribution in [0.5, 0.6) is 0 Å². The molecule has 102 valence electrons. The van der Waals surface area contributed by atoms with Crippen LogP contribution in [0.1, 0.15) is 25.7 Å². The summed E-state index contributed by atoms with van der Waals surface area (Å²) >= 11 is 3.63. The number of nitrogens with zero attached hydrogens (tertiary/aromatic N) is 2. The number of aromatic nitrogens is 2. The van der Waals surface area contributed by atoms with Crippen molar-refractivity contribution in [2.45, 2.75) is 35.5 Å². The van der Waals surface area contributed by atoms with Crippen LogP contribution in [0.2, 0.25) is 0 Å². The van der Waals surface area contributed by atoms with Crippen LogP contribution in [0.4, 0.5) is 0 Å². The summed E-state index contributed by atoms with van der Waals surface area (Å²) in [5.41, 5.74) is 0. The molecule has 2 atom stereocenters. The Hall–Kier alpha value is -0.400. The molecule has 1 fully saturated rings. The number of halogens is 1. The van der Waals surface area contributed by atoms with Crippen LogP contribution < -0.4 is 4.72 Å². The molecule has 0 radical (unpaired) electrons. The number of hydrogen-bond acceptors (Lipinski definition) is 3. The first-order valence-corrected chi connectivity index (χ1v) is 8.50. The molecule has 1 aromatic rings. The van der Waals surface area contributed by atoms with Crippen LogP contribution in [-0.4, -0.2) is 29.3 Å². The third-order valence-electron chi connectivity index (χ3n) is 3.31. The molecule has 5 nitrogen and oxygen atoms in total. The van der Waals surface area contributed by atoms with E-state index in [0.717, 1.165) is 12.8 Å². The Labute approximate surface area is 116 Å². The largest absolute Gasteiger partial charge is 0.339 e. The highest BCUT2D eigenvalue weighted by molar-refractivity contribution is 9.09. The highest BCUT2D eigenvalue weighted by Gasteiger charge is 2.25. The molecule has 0 aliphatic heterocycles. The fourth-order valence-electron chi connectivity index (χ4n) is 2.21. The van der Waals surface area contributed by atoms with E-state index in [4.69, 9.17) is 0 Å². The van der Waals surface area contributed by atoms with Crippen molar-refractivity contribution >= 4 is 26.0 Å². The number of aryl methyl sites for hydroxylation is 1. The maximum Gasteiger partial charge on any atom is 0.259 e. The molecule has 18 heavy (non-hydrogen) atoms. The van der Waals surface area contributed by atoms with Gasteiger partial charge in [-0.05, 0) is 18.8 Å². The van der Waals surface area contributed by atoms with Gasteiger partial charge in [-0.1, -0.05) is 28.8 Å². The summed E-state index contributed by atoms with van der Waals surface area (Å²) in [5.74, 6) is 0.372. The van der Waals surface area contributed by atoms with Crippen LogP contribution in [0, 0.1) is 5.92 Å². The molecule has 0 aromatic carbocycles. The molecule has 0 saturated heterocycles. The number of sulfonamides is 1. The fourth-order valence-corrected chi connectivity index (χ4v) is 4.06. The predicted molar refractivity (Wildman–Crippen MR) is 73.1 cm³/mol. The van der Waals surface area contributed by atoms with E-state index in [1.165, 1.54) is 25.4 Å². The lowest BCUT2D eigenvalue weighted by Gasteiger charge is -2.27. The van der Waals surface area contributed by atoms with Crippen molar-refractivity contribution in [3.05, 3.63) is 12.5 Å². The molecule has 0 spiro atoms. The quantitative estimate of drug-likeness (QED) is 0.851. The second kappa shape index (κ2) is 5.71. The smallest absolute Gasteiger partial charge is 0.259 e. The van der Waals surface area contributed by atoms with Crippen LogP contribution >= 0.6 is 15.9 Å². The van der Waals surface area contributed by atoms with Crippen molar-refractivity contribution in [2.24, 2.45) is 13.0 Å². The van der Waals surface area contributed by atoms with E-state index in [9.17, 15) is 8.42 Å². The molecule has 0 amide bonds. The van der Waals surface area contributed by atoms with Crippen molar-refractivity contribution in [2.75, 3.05) is 6.54 Å². The predicted octanol–water partition coefficient (Wildman–Crippen LogP) is 1.65. The maximum atomic E-state index is 12.0. The van der Waals surface area contributed by atoms with Gasteiger partial charge in [-0.2, -0.15) is 0 Å². The lowest BCUT2D eigenvalue weighted by Crippen LogP contribution is -2.34. The van der Waals surface area contributed by atoms with Crippen molar-refractivity contribution < 1.29 is 8.42 Å². The molecule has 1 N–H and O–H groups in total. The number of imidazole rings is 1. The minimum absolute atomic E-state index is 0.0898. The molecule has 0 bridgehead atoms. The van der Waals surface area contributed by atoms with E-state index in [1.807, 2.05) is 0 Å². The average molecular weight is 336 g/mol. The molecule has 2 unspecified atom stereocenters. The van der Waals surface area contributed by atoms with Gasteiger partial charge >= 0.3 is 0 Å². The third kappa shape index (κ3) is 3.33. The van der Waals surface area contributed by atoms with Gasteiger partial charge in [0.25, 0.3) is 10.0 Å². The van der Waals surface area contributed by atoms with Crippen molar-refractivity contribution in [1.82, 2.24) is 14.3 Å². The molecular formula is C11H18BrN3O2S. The first kappa shape index (κ1) is 14.0. The van der Waals surface area contributed by atoms with Crippen LogP contribution in [-0.2, 0) is 17.1 Å². The fraction of sp³-hybridized carbons (Fsp3) is 0.727. The SMILES string of the molecule is Cn1cnc(S(=O)(=O)NCC2CCCCC2Br)c1. The molecule has 1 heterocycles. The molecule has 2 rings (SSSR count). The first-order chi connectivity index (χ1) is 8.49. The normalized spacial score (nSPS) is 25.2. The summed E-state index contributed by atoms with van der Waals surface area (Å²) in [5, 5.41) is 0.0898. The van der Waals surface area contributed by atoms with Crippen LogP contribution in [0.3, 0.4) is 0 Å². The van der Waals surface area contributed by atoms with Gasteiger partial charge in [0.1, 0.15) is 0 Å². The Bertz CT molecular complexity index is 500. The first-order valence-electron chi connectivity index (χ1n) is 6.11. The zero-order chi connectivity index (χ0) is 13.2. The van der Waals surface area contributed by atoms with E-state index in [1.54, 1.807) is 11.6 Å². The summed E-state index contributed by atoms with van der Waals surface area (Å²) in [6.45, 7) is 0.481. The standard InChI is InChI=1S/C11H18BrN3O2S/c1-15-7-11(13-8-15)18(16,17)14-6-9-4-2-3-5-10(9)12/h7-10,14H,2-6H2,1H3. The second-order valence-corrected chi connectivity index (χ2v) is 7.68. The zero-order valence-electron chi connectivity index (χ0n) is 10.3. The van der Waals surface area contributed by atoms with Crippen molar-refractivity contribution in [1.29, 1.82) is 0 Å². The van der Waals surface area contributed by atoms with Crippen LogP contribution in [0.25, 0.3) is 0 Å². The topological polar surface area (TPSA) is 64.0 Å². The summed E-state index contributed by atoms with van der Waals surface area (Å²) in [6.07, 6.45) is 7.59. The van der Waals surface area contributed by atoms with Gasteiger partial charge in [-0.3, -0.25) is 0 Å². The van der Waals surface area contributed by atoms with E-state index < -0.39 is 10.0 Å². The van der Waals surface area contributed by atoms with E-state index >= 15 is 0 Å². The van der Waals surface area contributed by atoms with Gasteiger partial charge in [-0.25, -0.2) is 18.1 Å². The highest BCUT2D eigenvalue weighted by Crippen LogP contribution is 2.29. The summed E-state index contributed by atoms with van der Waals surface area (Å²) < 4.78 is 28.3. The Kier molecular flexibility index (Phi) is 4.45. The van der Waals surface area contributed by atoms with Gasteiger partial charge in [0.05, 0.1) is 6.33 Å². The average Bonchev–Trinajstić information content (AvgIpc) is 2.76. The van der Waals surface area contributed by atoms with Gasteiger partial charge in [0.15, 0.2) is 5.03 Å². The van der Waals surface area contributed by atoms with Gasteiger partial charge in [0, 0.05) is 24.6 Å². The Morgan fingerprint density at radius 3 is 2.83 bits per heavy atom. The molecule has 1 aromatic heterocycles. The van der Waals surface area contributed by atoms with E-state index in [-0.39, 0.29) is 5.03 Å². The van der Waals surface area contributed by atoms with Crippen LogP contribution in [0.15, 0.2) is 17.6 Å². The van der Waals surface area contributed by atoms with Crippen molar-refractivity contribution in [3.8, 4) is 0 Å². The third-order valence-corrected chi connectivity index (χ3v) is 5.82. The molecule has 7 heteroatoms. The lowest BCUT2D eigenvalue weighted by atomic mass is 9.89. The molecule has 1 aliphatic carbocycles. The Morgan fingerprint density at radius 2 is 2.22 bits per heavy atom. The summed E-state index contributed by atoms with van der Waals surface area (Å²) in [6, 6.07) is 0. The number of hydrogen-bond donors (Lipinski definition) is 1. The number of nitrogens with one attached hydrogen (secondary N) is 1. The minimum Gasteiger partial charge on any atom is -0.339 e. The lowest BCUT2D eigenvalue weighted by molar-refractivity contribution is 0.373. The Balaban J connectivity index is 1.96. The molecule has 1 saturated carbocycles. The minimum atomic E-state index is -3.47. The second-order valence-electron chi connectivity index (χ2n) is 4.79. The molecular weight excluding hydrogens is 318 g/mol. The Morgan fingerprint density at radius 1 is 1.50 bits per heavy atom. The maximum absolute atomic E-state index is 12.0. The van der Waals surface area contributed by atoms with E-state index in [2.05, 4.69) is 25.6 Å². The highest BCUT2D eigenvalue weighted by atomic mass is 79.9. The van der Waals surface area contributed by atoms with Gasteiger partial charge in [0.2, 0.25) is 0 Å². The summed E-state index contributed by atoms with van der Waals surface area (Å²) in [7, 11) is -1.71. The van der Waals surface area contributed by atoms with E-state index in [0.29, 0.717) is 17.3 Å². The van der Waals surface area contributed by atoms with Gasteiger partial charge in [-0.15, -0.1) is 0 Å². The zero-order valence-corrected chi connectivity index (χ0v) is 12.7.